The van der Waals surface area contributed by atoms with Crippen LogP contribution in [0.2, 0.25) is 15.1 Å². The van der Waals surface area contributed by atoms with Crippen LogP contribution in [0, 0.1) is 0 Å². The van der Waals surface area contributed by atoms with Crippen molar-refractivity contribution >= 4 is 52.5 Å². The van der Waals surface area contributed by atoms with Crippen LogP contribution < -0.4 is 5.32 Å². The number of hydrogen-bond donors (Lipinski definition) is 1. The number of benzene rings is 1. The maximum atomic E-state index is 12.0. The van der Waals surface area contributed by atoms with Crippen molar-refractivity contribution in [3.8, 4) is 0 Å². The normalized spacial score (nSPS) is 12.0. The molecule has 0 aliphatic rings. The molecule has 1 aromatic carbocycles. The van der Waals surface area contributed by atoms with Gasteiger partial charge in [0.2, 0.25) is 5.91 Å². The van der Waals surface area contributed by atoms with Crippen LogP contribution in [0.4, 0.5) is 0 Å². The Labute approximate surface area is 148 Å². The average Bonchev–Trinajstić information content (AvgIpc) is 2.49. The molecule has 0 saturated heterocycles. The van der Waals surface area contributed by atoms with Gasteiger partial charge in [0.25, 0.3) is 0 Å². The van der Waals surface area contributed by atoms with Crippen LogP contribution in [-0.2, 0) is 4.79 Å². The van der Waals surface area contributed by atoms with Gasteiger partial charge in [-0.3, -0.25) is 4.79 Å². The minimum atomic E-state index is -0.152. The molecule has 3 nitrogen and oxygen atoms in total. The van der Waals surface area contributed by atoms with Crippen molar-refractivity contribution in [2.45, 2.75) is 18.0 Å². The van der Waals surface area contributed by atoms with Crippen molar-refractivity contribution in [3.05, 3.63) is 57.2 Å². The topological polar surface area (TPSA) is 42.0 Å². The molecule has 2 rings (SSSR count). The second kappa shape index (κ2) is 8.06. The average molecular weight is 376 g/mol. The number of hydrogen-bond acceptors (Lipinski definition) is 3. The number of thioether (sulfide) groups is 1. The van der Waals surface area contributed by atoms with Gasteiger partial charge >= 0.3 is 0 Å². The number of amides is 1. The molecule has 7 heteroatoms. The van der Waals surface area contributed by atoms with E-state index in [9.17, 15) is 4.79 Å². The summed E-state index contributed by atoms with van der Waals surface area (Å²) >= 11 is 19.0. The third-order valence-corrected chi connectivity index (χ3v) is 4.78. The van der Waals surface area contributed by atoms with E-state index in [1.807, 2.05) is 13.0 Å². The van der Waals surface area contributed by atoms with Gasteiger partial charge < -0.3 is 5.32 Å². The molecule has 0 radical (unpaired) electrons. The number of halogens is 3. The highest BCUT2D eigenvalue weighted by atomic mass is 35.5. The first-order valence-corrected chi connectivity index (χ1v) is 8.56. The highest BCUT2D eigenvalue weighted by Crippen LogP contribution is 2.25. The van der Waals surface area contributed by atoms with Gasteiger partial charge in [-0.15, -0.1) is 0 Å². The van der Waals surface area contributed by atoms with Gasteiger partial charge in [-0.05, 0) is 36.8 Å². The minimum Gasteiger partial charge on any atom is -0.349 e. The lowest BCUT2D eigenvalue weighted by Gasteiger charge is -2.14. The van der Waals surface area contributed by atoms with Crippen molar-refractivity contribution < 1.29 is 4.79 Å². The maximum Gasteiger partial charge on any atom is 0.230 e. The molecule has 1 aromatic heterocycles. The van der Waals surface area contributed by atoms with Gasteiger partial charge in [0.05, 0.1) is 31.9 Å². The second-order valence-electron chi connectivity index (χ2n) is 4.57. The summed E-state index contributed by atoms with van der Waals surface area (Å²) < 4.78 is 0. The summed E-state index contributed by atoms with van der Waals surface area (Å²) in [4.78, 5) is 16.1. The molecule has 1 unspecified atom stereocenters. The van der Waals surface area contributed by atoms with E-state index < -0.39 is 0 Å². The number of pyridine rings is 1. The number of nitrogens with zero attached hydrogens (tertiary/aromatic N) is 1. The third-order valence-electron chi connectivity index (χ3n) is 2.87. The van der Waals surface area contributed by atoms with Gasteiger partial charge in [0.1, 0.15) is 0 Å². The van der Waals surface area contributed by atoms with Crippen LogP contribution >= 0.6 is 46.6 Å². The molecule has 1 amide bonds. The van der Waals surface area contributed by atoms with Crippen molar-refractivity contribution in [1.82, 2.24) is 10.3 Å². The summed E-state index contributed by atoms with van der Waals surface area (Å²) in [7, 11) is 0. The summed E-state index contributed by atoms with van der Waals surface area (Å²) in [5, 5.41) is 5.20. The molecule has 1 atom stereocenters. The Balaban J connectivity index is 1.88. The predicted molar refractivity (Wildman–Crippen MR) is 93.0 cm³/mol. The molecule has 116 valence electrons. The minimum absolute atomic E-state index is 0.0830. The highest BCUT2D eigenvalue weighted by molar-refractivity contribution is 7.99. The molecule has 1 N–H and O–H groups in total. The fraction of sp³-hybridized carbons (Fsp3) is 0.200. The number of carbonyl (C=O) groups excluding carboxylic acids is 1. The molecule has 0 fully saturated rings. The Morgan fingerprint density at radius 1 is 1.23 bits per heavy atom. The Kier molecular flexibility index (Phi) is 6.38. The van der Waals surface area contributed by atoms with Crippen LogP contribution in [0.3, 0.4) is 0 Å². The quantitative estimate of drug-likeness (QED) is 0.747. The summed E-state index contributed by atoms with van der Waals surface area (Å²) in [6, 6.07) is 8.68. The van der Waals surface area contributed by atoms with E-state index in [-0.39, 0.29) is 17.7 Å². The van der Waals surface area contributed by atoms with Crippen molar-refractivity contribution in [3.63, 3.8) is 0 Å². The summed E-state index contributed by atoms with van der Waals surface area (Å²) in [6.45, 7) is 1.89. The van der Waals surface area contributed by atoms with Crippen LogP contribution in [0.1, 0.15) is 18.5 Å². The molecule has 2 aromatic rings. The Morgan fingerprint density at radius 2 is 2.00 bits per heavy atom. The summed E-state index contributed by atoms with van der Waals surface area (Å²) in [5.74, 6) is 0.195. The number of rotatable bonds is 5. The predicted octanol–water partition coefficient (Wildman–Crippen LogP) is 5.01. The summed E-state index contributed by atoms with van der Waals surface area (Å²) in [5.41, 5.74) is 0.900. The van der Waals surface area contributed by atoms with Crippen molar-refractivity contribution in [2.24, 2.45) is 0 Å². The molecule has 0 saturated carbocycles. The van der Waals surface area contributed by atoms with Gasteiger partial charge in [-0.25, -0.2) is 4.98 Å². The van der Waals surface area contributed by atoms with Gasteiger partial charge in [0, 0.05) is 6.20 Å². The fourth-order valence-corrected chi connectivity index (χ4v) is 2.81. The van der Waals surface area contributed by atoms with Crippen molar-refractivity contribution in [1.29, 1.82) is 0 Å². The number of nitrogens with one attached hydrogen (secondary N) is 1. The Bertz CT molecular complexity index is 664. The van der Waals surface area contributed by atoms with E-state index in [2.05, 4.69) is 10.3 Å². The first kappa shape index (κ1) is 17.4. The van der Waals surface area contributed by atoms with Crippen LogP contribution in [0.5, 0.6) is 0 Å². The molecule has 0 aliphatic heterocycles. The molecule has 22 heavy (non-hydrogen) atoms. The molecular weight excluding hydrogens is 363 g/mol. The van der Waals surface area contributed by atoms with Crippen LogP contribution in [0.15, 0.2) is 41.6 Å². The number of carbonyl (C=O) groups is 1. The van der Waals surface area contributed by atoms with E-state index in [1.54, 1.807) is 30.5 Å². The highest BCUT2D eigenvalue weighted by Gasteiger charge is 2.11. The van der Waals surface area contributed by atoms with E-state index in [0.717, 1.165) is 10.6 Å². The van der Waals surface area contributed by atoms with E-state index in [0.29, 0.717) is 15.1 Å². The first-order chi connectivity index (χ1) is 10.5. The first-order valence-electron chi connectivity index (χ1n) is 6.44. The third kappa shape index (κ3) is 5.06. The smallest absolute Gasteiger partial charge is 0.230 e. The fourth-order valence-electron chi connectivity index (χ4n) is 1.74. The Morgan fingerprint density at radius 3 is 2.64 bits per heavy atom. The molecule has 0 aliphatic carbocycles. The van der Waals surface area contributed by atoms with E-state index in [1.165, 1.54) is 11.8 Å². The van der Waals surface area contributed by atoms with E-state index in [4.69, 9.17) is 34.8 Å². The molecule has 0 bridgehead atoms. The largest absolute Gasteiger partial charge is 0.349 e. The SMILES string of the molecule is CC(NC(=O)CSc1ccc(Cl)cn1)c1ccc(Cl)c(Cl)c1. The molecule has 0 spiro atoms. The lowest BCUT2D eigenvalue weighted by molar-refractivity contribution is -0.119. The monoisotopic (exact) mass is 374 g/mol. The Hall–Kier alpha value is -0.940. The van der Waals surface area contributed by atoms with E-state index >= 15 is 0 Å². The number of aromatic nitrogens is 1. The van der Waals surface area contributed by atoms with Gasteiger partial charge in [-0.1, -0.05) is 52.6 Å². The second-order valence-corrected chi connectivity index (χ2v) is 6.81. The maximum absolute atomic E-state index is 12.0. The molecule has 1 heterocycles. The van der Waals surface area contributed by atoms with Crippen LogP contribution in [-0.4, -0.2) is 16.6 Å². The zero-order valence-corrected chi connectivity index (χ0v) is 14.7. The van der Waals surface area contributed by atoms with Gasteiger partial charge in [-0.2, -0.15) is 0 Å². The molecular formula is C15H13Cl3N2OS. The zero-order chi connectivity index (χ0) is 16.1. The van der Waals surface area contributed by atoms with Crippen molar-refractivity contribution in [2.75, 3.05) is 5.75 Å². The standard InChI is InChI=1S/C15H13Cl3N2OS/c1-9(10-2-4-12(17)13(18)6-10)20-14(21)8-22-15-5-3-11(16)7-19-15/h2-7,9H,8H2,1H3,(H,20,21). The summed E-state index contributed by atoms with van der Waals surface area (Å²) in [6.07, 6.45) is 1.56. The lowest BCUT2D eigenvalue weighted by atomic mass is 10.1. The van der Waals surface area contributed by atoms with Gasteiger partial charge in [0.15, 0.2) is 0 Å². The lowest BCUT2D eigenvalue weighted by Crippen LogP contribution is -2.28. The van der Waals surface area contributed by atoms with Crippen LogP contribution in [0.25, 0.3) is 0 Å². The zero-order valence-electron chi connectivity index (χ0n) is 11.6.